The van der Waals surface area contributed by atoms with E-state index in [1.54, 1.807) is 7.11 Å². The third-order valence-electron chi connectivity index (χ3n) is 4.47. The zero-order chi connectivity index (χ0) is 17.2. The minimum atomic E-state index is 0.0200. The number of piperidine rings is 1. The number of carbonyl (C=O) groups is 1. The Morgan fingerprint density at radius 2 is 1.96 bits per heavy atom. The van der Waals surface area contributed by atoms with Crippen LogP contribution in [-0.4, -0.2) is 62.1 Å². The third kappa shape index (κ3) is 6.13. The molecule has 2 rings (SSSR count). The standard InChI is InChI=1S/C19H31N3O2/c1-3-11-22(15-14-21-12-7-4-8-13-21)16-19(23)20-17-9-5-6-10-18(17)24-2/h5-6,9-10H,3-4,7-8,11-16H2,1-2H3,(H,20,23). The number of rotatable bonds is 9. The number of benzene rings is 1. The van der Waals surface area contributed by atoms with Gasteiger partial charge in [-0.05, 0) is 51.0 Å². The molecule has 1 aromatic carbocycles. The Balaban J connectivity index is 1.83. The molecule has 134 valence electrons. The lowest BCUT2D eigenvalue weighted by Crippen LogP contribution is -2.41. The molecule has 5 nitrogen and oxygen atoms in total. The monoisotopic (exact) mass is 333 g/mol. The first kappa shape index (κ1) is 18.7. The van der Waals surface area contributed by atoms with Crippen LogP contribution in [0.3, 0.4) is 0 Å². The van der Waals surface area contributed by atoms with Gasteiger partial charge in [0.25, 0.3) is 0 Å². The number of nitrogens with one attached hydrogen (secondary N) is 1. The highest BCUT2D eigenvalue weighted by Gasteiger charge is 2.15. The Labute approximate surface area is 146 Å². The molecule has 1 amide bonds. The average molecular weight is 333 g/mol. The lowest BCUT2D eigenvalue weighted by molar-refractivity contribution is -0.117. The molecule has 1 aliphatic rings. The van der Waals surface area contributed by atoms with Gasteiger partial charge in [0.2, 0.25) is 5.91 Å². The van der Waals surface area contributed by atoms with Gasteiger partial charge in [-0.1, -0.05) is 25.5 Å². The number of anilines is 1. The molecule has 0 spiro atoms. The fraction of sp³-hybridized carbons (Fsp3) is 0.632. The van der Waals surface area contributed by atoms with Crippen LogP contribution in [0.2, 0.25) is 0 Å². The quantitative estimate of drug-likeness (QED) is 0.755. The van der Waals surface area contributed by atoms with Gasteiger partial charge in [0.15, 0.2) is 0 Å². The van der Waals surface area contributed by atoms with E-state index < -0.39 is 0 Å². The molecule has 0 aliphatic carbocycles. The molecule has 1 N–H and O–H groups in total. The van der Waals surface area contributed by atoms with Crippen LogP contribution in [0.15, 0.2) is 24.3 Å². The van der Waals surface area contributed by atoms with Crippen molar-refractivity contribution in [2.45, 2.75) is 32.6 Å². The van der Waals surface area contributed by atoms with E-state index in [4.69, 9.17) is 4.74 Å². The van der Waals surface area contributed by atoms with Crippen molar-refractivity contribution >= 4 is 11.6 Å². The smallest absolute Gasteiger partial charge is 0.238 e. The molecule has 1 aliphatic heterocycles. The minimum Gasteiger partial charge on any atom is -0.495 e. The molecule has 0 atom stereocenters. The van der Waals surface area contributed by atoms with Gasteiger partial charge < -0.3 is 15.0 Å². The van der Waals surface area contributed by atoms with Gasteiger partial charge in [0, 0.05) is 13.1 Å². The molecular formula is C19H31N3O2. The number of para-hydroxylation sites is 2. The molecule has 5 heteroatoms. The van der Waals surface area contributed by atoms with E-state index in [2.05, 4.69) is 22.0 Å². The van der Waals surface area contributed by atoms with Crippen LogP contribution >= 0.6 is 0 Å². The molecule has 0 unspecified atom stereocenters. The summed E-state index contributed by atoms with van der Waals surface area (Å²) in [4.78, 5) is 17.2. The van der Waals surface area contributed by atoms with E-state index in [-0.39, 0.29) is 5.91 Å². The lowest BCUT2D eigenvalue weighted by Gasteiger charge is -2.29. The van der Waals surface area contributed by atoms with Crippen LogP contribution in [0, 0.1) is 0 Å². The molecule has 0 bridgehead atoms. The normalized spacial score (nSPS) is 15.5. The minimum absolute atomic E-state index is 0.0200. The summed E-state index contributed by atoms with van der Waals surface area (Å²) in [5.41, 5.74) is 0.734. The van der Waals surface area contributed by atoms with Crippen molar-refractivity contribution < 1.29 is 9.53 Å². The summed E-state index contributed by atoms with van der Waals surface area (Å²) in [6.07, 6.45) is 5.03. The van der Waals surface area contributed by atoms with Crippen molar-refractivity contribution in [1.29, 1.82) is 0 Å². The summed E-state index contributed by atoms with van der Waals surface area (Å²) in [6, 6.07) is 7.53. The van der Waals surface area contributed by atoms with Gasteiger partial charge in [0.1, 0.15) is 5.75 Å². The number of carbonyl (C=O) groups excluding carboxylic acids is 1. The summed E-state index contributed by atoms with van der Waals surface area (Å²) in [7, 11) is 1.62. The van der Waals surface area contributed by atoms with E-state index in [0.717, 1.165) is 31.7 Å². The first-order valence-corrected chi connectivity index (χ1v) is 9.10. The van der Waals surface area contributed by atoms with Crippen molar-refractivity contribution in [3.63, 3.8) is 0 Å². The van der Waals surface area contributed by atoms with Crippen molar-refractivity contribution in [2.24, 2.45) is 0 Å². The Hall–Kier alpha value is -1.59. The highest BCUT2D eigenvalue weighted by atomic mass is 16.5. The maximum atomic E-state index is 12.4. The van der Waals surface area contributed by atoms with Crippen LogP contribution in [0.25, 0.3) is 0 Å². The first-order chi connectivity index (χ1) is 11.7. The maximum Gasteiger partial charge on any atom is 0.238 e. The van der Waals surface area contributed by atoms with E-state index in [1.807, 2.05) is 24.3 Å². The highest BCUT2D eigenvalue weighted by Crippen LogP contribution is 2.22. The number of hydrogen-bond acceptors (Lipinski definition) is 4. The van der Waals surface area contributed by atoms with Crippen molar-refractivity contribution in [3.05, 3.63) is 24.3 Å². The molecule has 1 saturated heterocycles. The SMILES string of the molecule is CCCN(CCN1CCCCC1)CC(=O)Nc1ccccc1OC. The molecule has 0 radical (unpaired) electrons. The molecule has 0 aromatic heterocycles. The average Bonchev–Trinajstić information content (AvgIpc) is 2.61. The summed E-state index contributed by atoms with van der Waals surface area (Å²) in [5, 5.41) is 2.97. The number of hydrogen-bond donors (Lipinski definition) is 1. The third-order valence-corrected chi connectivity index (χ3v) is 4.47. The predicted molar refractivity (Wildman–Crippen MR) is 98.6 cm³/mol. The Kier molecular flexibility index (Phi) is 8.05. The van der Waals surface area contributed by atoms with Crippen LogP contribution in [0.1, 0.15) is 32.6 Å². The van der Waals surface area contributed by atoms with Crippen LogP contribution < -0.4 is 10.1 Å². The number of nitrogens with zero attached hydrogens (tertiary/aromatic N) is 2. The summed E-state index contributed by atoms with van der Waals surface area (Å²) in [6.45, 7) is 7.95. The van der Waals surface area contributed by atoms with Gasteiger partial charge in [-0.15, -0.1) is 0 Å². The summed E-state index contributed by atoms with van der Waals surface area (Å²) >= 11 is 0. The van der Waals surface area contributed by atoms with Crippen molar-refractivity contribution in [3.8, 4) is 5.75 Å². The number of likely N-dealkylation sites (tertiary alicyclic amines) is 1. The Morgan fingerprint density at radius 1 is 1.21 bits per heavy atom. The second-order valence-electron chi connectivity index (χ2n) is 6.43. The highest BCUT2D eigenvalue weighted by molar-refractivity contribution is 5.93. The fourth-order valence-electron chi connectivity index (χ4n) is 3.19. The van der Waals surface area contributed by atoms with Gasteiger partial charge >= 0.3 is 0 Å². The van der Waals surface area contributed by atoms with E-state index >= 15 is 0 Å². The zero-order valence-corrected chi connectivity index (χ0v) is 15.1. The van der Waals surface area contributed by atoms with Crippen LogP contribution in [0.5, 0.6) is 5.75 Å². The van der Waals surface area contributed by atoms with Gasteiger partial charge in [-0.2, -0.15) is 0 Å². The number of methoxy groups -OCH3 is 1. The van der Waals surface area contributed by atoms with Crippen LogP contribution in [0.4, 0.5) is 5.69 Å². The summed E-state index contributed by atoms with van der Waals surface area (Å²) in [5.74, 6) is 0.716. The predicted octanol–water partition coefficient (Wildman–Crippen LogP) is 2.83. The number of amides is 1. The summed E-state index contributed by atoms with van der Waals surface area (Å²) < 4.78 is 5.29. The zero-order valence-electron chi connectivity index (χ0n) is 15.1. The van der Waals surface area contributed by atoms with Gasteiger partial charge in [-0.3, -0.25) is 9.69 Å². The molecule has 24 heavy (non-hydrogen) atoms. The van der Waals surface area contributed by atoms with Gasteiger partial charge in [-0.25, -0.2) is 0 Å². The molecule has 1 heterocycles. The molecular weight excluding hydrogens is 302 g/mol. The van der Waals surface area contributed by atoms with E-state index in [1.165, 1.54) is 32.4 Å². The lowest BCUT2D eigenvalue weighted by atomic mass is 10.1. The maximum absolute atomic E-state index is 12.4. The Bertz CT molecular complexity index is 501. The molecule has 0 saturated carbocycles. The van der Waals surface area contributed by atoms with Gasteiger partial charge in [0.05, 0.1) is 19.3 Å². The molecule has 1 aromatic rings. The fourth-order valence-corrected chi connectivity index (χ4v) is 3.19. The Morgan fingerprint density at radius 3 is 2.67 bits per heavy atom. The first-order valence-electron chi connectivity index (χ1n) is 9.10. The van der Waals surface area contributed by atoms with E-state index in [9.17, 15) is 4.79 Å². The topological polar surface area (TPSA) is 44.8 Å². The van der Waals surface area contributed by atoms with Crippen molar-refractivity contribution in [1.82, 2.24) is 9.80 Å². The largest absolute Gasteiger partial charge is 0.495 e. The number of ether oxygens (including phenoxy) is 1. The van der Waals surface area contributed by atoms with Crippen molar-refractivity contribution in [2.75, 3.05) is 51.7 Å². The second-order valence-corrected chi connectivity index (χ2v) is 6.43. The second kappa shape index (κ2) is 10.3. The molecule has 1 fully saturated rings. The van der Waals surface area contributed by atoms with Crippen LogP contribution in [-0.2, 0) is 4.79 Å². The van der Waals surface area contributed by atoms with E-state index in [0.29, 0.717) is 12.3 Å².